The maximum absolute atomic E-state index is 12.7. The minimum atomic E-state index is -4.58. The van der Waals surface area contributed by atoms with E-state index in [0.717, 1.165) is 12.1 Å². The van der Waals surface area contributed by atoms with E-state index in [-0.39, 0.29) is 24.5 Å². The van der Waals surface area contributed by atoms with Gasteiger partial charge in [-0.3, -0.25) is 0 Å². The van der Waals surface area contributed by atoms with Gasteiger partial charge >= 0.3 is 6.18 Å². The minimum absolute atomic E-state index is 0.0765. The van der Waals surface area contributed by atoms with E-state index < -0.39 is 11.7 Å². The normalized spacial score (nSPS) is 10.8. The van der Waals surface area contributed by atoms with Gasteiger partial charge in [-0.1, -0.05) is 6.58 Å². The topological polar surface area (TPSA) is 59.0 Å². The molecule has 0 aliphatic carbocycles. The van der Waals surface area contributed by atoms with Gasteiger partial charge in [-0.15, -0.1) is 0 Å². The van der Waals surface area contributed by atoms with E-state index in [1.165, 1.54) is 6.07 Å². The molecule has 3 nitrogen and oxygen atoms in total. The molecular weight excluding hydrogens is 245 g/mol. The highest BCUT2D eigenvalue weighted by atomic mass is 19.4. The largest absolute Gasteiger partial charge is 0.489 e. The van der Waals surface area contributed by atoms with Crippen molar-refractivity contribution in [2.45, 2.75) is 6.18 Å². The smallest absolute Gasteiger partial charge is 0.420 e. The number of nitriles is 1. The van der Waals surface area contributed by atoms with Gasteiger partial charge in [0.05, 0.1) is 17.2 Å². The van der Waals surface area contributed by atoms with Crippen LogP contribution in [0.4, 0.5) is 13.2 Å². The summed E-state index contributed by atoms with van der Waals surface area (Å²) in [5, 5.41) is 8.59. The van der Waals surface area contributed by atoms with Crippen molar-refractivity contribution in [2.75, 3.05) is 13.2 Å². The maximum atomic E-state index is 12.7. The van der Waals surface area contributed by atoms with E-state index in [2.05, 4.69) is 6.58 Å². The number of halogens is 3. The van der Waals surface area contributed by atoms with Crippen molar-refractivity contribution in [1.29, 1.82) is 5.26 Å². The summed E-state index contributed by atoms with van der Waals surface area (Å²) in [6, 6.07) is 4.78. The van der Waals surface area contributed by atoms with Crippen molar-refractivity contribution in [2.24, 2.45) is 5.73 Å². The quantitative estimate of drug-likeness (QED) is 0.842. The Hall–Kier alpha value is -2.00. The Labute approximate surface area is 102 Å². The molecule has 0 heterocycles. The summed E-state index contributed by atoms with van der Waals surface area (Å²) < 4.78 is 43.2. The molecule has 0 radical (unpaired) electrons. The molecule has 0 unspecified atom stereocenters. The fraction of sp³-hybridized carbons (Fsp3) is 0.250. The molecule has 96 valence electrons. The average molecular weight is 256 g/mol. The van der Waals surface area contributed by atoms with Gasteiger partial charge in [0.2, 0.25) is 0 Å². The van der Waals surface area contributed by atoms with Crippen LogP contribution in [0.3, 0.4) is 0 Å². The molecular formula is C12H11F3N2O. The highest BCUT2D eigenvalue weighted by Gasteiger charge is 2.34. The molecule has 18 heavy (non-hydrogen) atoms. The molecule has 0 aromatic heterocycles. The van der Waals surface area contributed by atoms with Gasteiger partial charge in [0.1, 0.15) is 12.4 Å². The molecule has 1 aromatic carbocycles. The fourth-order valence-corrected chi connectivity index (χ4v) is 1.19. The number of hydrogen-bond acceptors (Lipinski definition) is 3. The highest BCUT2D eigenvalue weighted by molar-refractivity contribution is 5.43. The zero-order valence-corrected chi connectivity index (χ0v) is 9.42. The van der Waals surface area contributed by atoms with Crippen LogP contribution in [-0.4, -0.2) is 13.2 Å². The number of benzene rings is 1. The summed E-state index contributed by atoms with van der Waals surface area (Å²) in [5.41, 5.74) is 4.68. The predicted molar refractivity (Wildman–Crippen MR) is 59.8 cm³/mol. The van der Waals surface area contributed by atoms with E-state index in [9.17, 15) is 13.2 Å². The van der Waals surface area contributed by atoms with Crippen LogP contribution in [0.2, 0.25) is 0 Å². The first-order chi connectivity index (χ1) is 8.38. The summed E-state index contributed by atoms with van der Waals surface area (Å²) in [5.74, 6) is -0.337. The van der Waals surface area contributed by atoms with Crippen LogP contribution in [0.1, 0.15) is 11.1 Å². The van der Waals surface area contributed by atoms with Crippen LogP contribution in [0.5, 0.6) is 5.75 Å². The van der Waals surface area contributed by atoms with Crippen LogP contribution in [0.15, 0.2) is 30.4 Å². The number of hydrogen-bond donors (Lipinski definition) is 1. The summed E-state index contributed by atoms with van der Waals surface area (Å²) in [7, 11) is 0. The second-order valence-electron chi connectivity index (χ2n) is 3.56. The van der Waals surface area contributed by atoms with Crippen molar-refractivity contribution in [3.05, 3.63) is 41.5 Å². The van der Waals surface area contributed by atoms with Gasteiger partial charge in [-0.25, -0.2) is 0 Å². The van der Waals surface area contributed by atoms with E-state index in [1.807, 2.05) is 0 Å². The Kier molecular flexibility index (Phi) is 4.34. The van der Waals surface area contributed by atoms with Crippen LogP contribution in [0, 0.1) is 11.3 Å². The van der Waals surface area contributed by atoms with E-state index in [4.69, 9.17) is 15.7 Å². The lowest BCUT2D eigenvalue weighted by Crippen LogP contribution is -2.13. The number of nitrogens with two attached hydrogens (primary N) is 1. The fourth-order valence-electron chi connectivity index (χ4n) is 1.19. The maximum Gasteiger partial charge on any atom is 0.420 e. The molecule has 0 amide bonds. The Morgan fingerprint density at radius 2 is 2.11 bits per heavy atom. The van der Waals surface area contributed by atoms with Crippen molar-refractivity contribution >= 4 is 0 Å². The first kappa shape index (κ1) is 14.1. The lowest BCUT2D eigenvalue weighted by molar-refractivity contribution is -0.138. The summed E-state index contributed by atoms with van der Waals surface area (Å²) >= 11 is 0. The monoisotopic (exact) mass is 256 g/mol. The zero-order valence-electron chi connectivity index (χ0n) is 9.42. The molecule has 2 N–H and O–H groups in total. The molecule has 1 aromatic rings. The second-order valence-corrected chi connectivity index (χ2v) is 3.56. The molecule has 0 aliphatic heterocycles. The molecule has 0 spiro atoms. The molecule has 0 bridgehead atoms. The lowest BCUT2D eigenvalue weighted by atomic mass is 10.1. The first-order valence-corrected chi connectivity index (χ1v) is 4.99. The number of rotatable bonds is 4. The van der Waals surface area contributed by atoms with E-state index in [0.29, 0.717) is 5.57 Å². The van der Waals surface area contributed by atoms with Gasteiger partial charge in [0.15, 0.2) is 0 Å². The van der Waals surface area contributed by atoms with E-state index in [1.54, 1.807) is 6.07 Å². The van der Waals surface area contributed by atoms with Gasteiger partial charge in [-0.05, 0) is 23.8 Å². The Bertz CT molecular complexity index is 489. The van der Waals surface area contributed by atoms with Gasteiger partial charge < -0.3 is 10.5 Å². The van der Waals surface area contributed by atoms with Crippen molar-refractivity contribution in [1.82, 2.24) is 0 Å². The summed E-state index contributed by atoms with van der Waals surface area (Å²) in [6.45, 7) is 3.57. The van der Waals surface area contributed by atoms with Crippen LogP contribution < -0.4 is 10.5 Å². The molecule has 0 fully saturated rings. The third-order valence-electron chi connectivity index (χ3n) is 2.13. The van der Waals surface area contributed by atoms with Crippen molar-refractivity contribution in [3.8, 4) is 11.8 Å². The van der Waals surface area contributed by atoms with Gasteiger partial charge in [-0.2, -0.15) is 18.4 Å². The third-order valence-corrected chi connectivity index (χ3v) is 2.13. The molecule has 0 saturated carbocycles. The first-order valence-electron chi connectivity index (χ1n) is 4.99. The van der Waals surface area contributed by atoms with Gasteiger partial charge in [0.25, 0.3) is 0 Å². The van der Waals surface area contributed by atoms with Crippen LogP contribution in [-0.2, 0) is 6.18 Å². The Balaban J connectivity index is 3.04. The summed E-state index contributed by atoms with van der Waals surface area (Å²) in [4.78, 5) is 0. The predicted octanol–water partition coefficient (Wildman–Crippen LogP) is 2.47. The molecule has 1 rings (SSSR count). The summed E-state index contributed by atoms with van der Waals surface area (Å²) in [6.07, 6.45) is -4.58. The molecule has 0 aliphatic rings. The Morgan fingerprint density at radius 3 is 2.61 bits per heavy atom. The zero-order chi connectivity index (χ0) is 13.8. The lowest BCUT2D eigenvalue weighted by Gasteiger charge is -2.14. The number of ether oxygens (including phenoxy) is 1. The second kappa shape index (κ2) is 5.56. The van der Waals surface area contributed by atoms with E-state index >= 15 is 0 Å². The number of alkyl halides is 3. The SMILES string of the molecule is C=C(CN)COc1ccc(C#N)cc1C(F)(F)F. The molecule has 0 atom stereocenters. The standard InChI is InChI=1S/C12H11F3N2O/c1-8(5-16)7-18-11-3-2-9(6-17)4-10(11)12(13,14)15/h2-4H,1,5,7,16H2. The van der Waals surface area contributed by atoms with Crippen molar-refractivity contribution in [3.63, 3.8) is 0 Å². The third kappa shape index (κ3) is 3.50. The minimum Gasteiger partial charge on any atom is -0.489 e. The molecule has 6 heteroatoms. The molecule has 0 saturated heterocycles. The van der Waals surface area contributed by atoms with Crippen molar-refractivity contribution < 1.29 is 17.9 Å². The number of nitrogens with zero attached hydrogens (tertiary/aromatic N) is 1. The van der Waals surface area contributed by atoms with Crippen LogP contribution in [0.25, 0.3) is 0 Å². The van der Waals surface area contributed by atoms with Crippen LogP contribution >= 0.6 is 0 Å². The Morgan fingerprint density at radius 1 is 1.44 bits per heavy atom. The van der Waals surface area contributed by atoms with Gasteiger partial charge in [0, 0.05) is 6.54 Å². The average Bonchev–Trinajstić information content (AvgIpc) is 2.34. The highest BCUT2D eigenvalue weighted by Crippen LogP contribution is 2.36.